The summed E-state index contributed by atoms with van der Waals surface area (Å²) in [4.78, 5) is 38.3. The van der Waals surface area contributed by atoms with Gasteiger partial charge >= 0.3 is 7.52 Å². The van der Waals surface area contributed by atoms with E-state index in [2.05, 4.69) is 35.6 Å². The van der Waals surface area contributed by atoms with E-state index in [1.54, 1.807) is 24.3 Å². The van der Waals surface area contributed by atoms with Crippen LogP contribution < -0.4 is 15.3 Å². The third-order valence-corrected chi connectivity index (χ3v) is 8.72. The molecule has 2 aromatic rings. The predicted octanol–water partition coefficient (Wildman–Crippen LogP) is 3.86. The fraction of sp³-hybridized carbons (Fsp3) is 0.400. The SMILES string of the molecule is CC(C)(C)CCC1(C)C(=O)C(C2=NP(=O)(O)c3cc(NS(C)(=O)=O)ccc3N2)C(=O)c2ccccc21. The zero-order valence-electron chi connectivity index (χ0n) is 20.8. The number of nitrogens with zero attached hydrogens (tertiary/aromatic N) is 1. The molecule has 0 spiro atoms. The minimum Gasteiger partial charge on any atom is -0.342 e. The molecule has 3 unspecified atom stereocenters. The summed E-state index contributed by atoms with van der Waals surface area (Å²) in [6.45, 7) is 8.06. The van der Waals surface area contributed by atoms with Gasteiger partial charge in [-0.25, -0.2) is 8.42 Å². The van der Waals surface area contributed by atoms with Crippen molar-refractivity contribution >= 4 is 51.6 Å². The summed E-state index contributed by atoms with van der Waals surface area (Å²) >= 11 is 0. The summed E-state index contributed by atoms with van der Waals surface area (Å²) in [6, 6.07) is 11.1. The van der Waals surface area contributed by atoms with Crippen molar-refractivity contribution in [3.8, 4) is 0 Å². The first-order chi connectivity index (χ1) is 16.5. The second-order valence-electron chi connectivity index (χ2n) is 10.9. The number of sulfonamides is 1. The van der Waals surface area contributed by atoms with Crippen LogP contribution >= 0.6 is 7.52 Å². The van der Waals surface area contributed by atoms with Crippen LogP contribution in [0.4, 0.5) is 11.4 Å². The van der Waals surface area contributed by atoms with Gasteiger partial charge in [-0.15, -0.1) is 0 Å². The average molecular weight is 532 g/mol. The fourth-order valence-electron chi connectivity index (χ4n) is 4.68. The Bertz CT molecular complexity index is 1460. The lowest BCUT2D eigenvalue weighted by Gasteiger charge is -2.40. The highest BCUT2D eigenvalue weighted by molar-refractivity contribution is 7.92. The number of Topliss-reactive ketones (excluding diaryl/α,β-unsaturated/α-hetero) is 2. The van der Waals surface area contributed by atoms with Crippen LogP contribution in [0.5, 0.6) is 0 Å². The van der Waals surface area contributed by atoms with Crippen molar-refractivity contribution in [1.82, 2.24) is 0 Å². The zero-order valence-corrected chi connectivity index (χ0v) is 22.5. The van der Waals surface area contributed by atoms with Crippen LogP contribution in [-0.2, 0) is 24.8 Å². The van der Waals surface area contributed by atoms with E-state index in [1.807, 2.05) is 6.92 Å². The lowest BCUT2D eigenvalue weighted by atomic mass is 9.62. The molecule has 0 aromatic heterocycles. The number of nitrogens with one attached hydrogen (secondary N) is 2. The fourth-order valence-corrected chi connectivity index (χ4v) is 6.56. The van der Waals surface area contributed by atoms with E-state index in [0.717, 1.165) is 12.7 Å². The molecule has 4 rings (SSSR count). The molecule has 0 saturated carbocycles. The quantitative estimate of drug-likeness (QED) is 0.393. The molecule has 0 fully saturated rings. The van der Waals surface area contributed by atoms with E-state index in [9.17, 15) is 27.5 Å². The van der Waals surface area contributed by atoms with E-state index in [0.29, 0.717) is 17.5 Å². The number of carbonyl (C=O) groups excluding carboxylic acids is 2. The predicted molar refractivity (Wildman–Crippen MR) is 141 cm³/mol. The molecule has 0 bridgehead atoms. The Balaban J connectivity index is 1.78. The molecular weight excluding hydrogens is 501 g/mol. The van der Waals surface area contributed by atoms with Crippen LogP contribution in [-0.4, -0.2) is 37.0 Å². The third-order valence-electron chi connectivity index (χ3n) is 6.62. The van der Waals surface area contributed by atoms with E-state index < -0.39 is 34.7 Å². The molecule has 0 amide bonds. The van der Waals surface area contributed by atoms with Gasteiger partial charge in [0.2, 0.25) is 10.0 Å². The van der Waals surface area contributed by atoms with Crippen molar-refractivity contribution < 1.29 is 27.5 Å². The number of carbonyl (C=O) groups is 2. The molecule has 1 aliphatic carbocycles. The molecule has 192 valence electrons. The molecule has 1 aliphatic heterocycles. The number of rotatable bonds is 5. The molecule has 0 saturated heterocycles. The number of benzene rings is 2. The summed E-state index contributed by atoms with van der Waals surface area (Å²) < 4.78 is 42.6. The van der Waals surface area contributed by atoms with Gasteiger partial charge in [0, 0.05) is 11.3 Å². The molecule has 2 aromatic carbocycles. The van der Waals surface area contributed by atoms with Crippen LogP contribution in [0.3, 0.4) is 0 Å². The van der Waals surface area contributed by atoms with Crippen molar-refractivity contribution in [1.29, 1.82) is 0 Å². The highest BCUT2D eigenvalue weighted by Crippen LogP contribution is 2.49. The lowest BCUT2D eigenvalue weighted by Crippen LogP contribution is -2.51. The van der Waals surface area contributed by atoms with Crippen molar-refractivity contribution in [2.75, 3.05) is 16.3 Å². The van der Waals surface area contributed by atoms with Crippen LogP contribution in [0, 0.1) is 11.3 Å². The standard InChI is InChI=1S/C25H30N3O6PS/c1-24(2,3)12-13-25(4)17-9-7-6-8-16(17)21(29)20(22(25)30)23-26-18-11-10-15(28-36(5,33)34)14-19(18)35(31,32)27-23/h6-11,14,20,28H,12-13H2,1-5H3,(H2,26,27,31,32). The summed E-state index contributed by atoms with van der Waals surface area (Å²) in [5, 5.41) is 2.79. The van der Waals surface area contributed by atoms with Gasteiger partial charge in [0.25, 0.3) is 0 Å². The topological polar surface area (TPSA) is 142 Å². The molecule has 0 radical (unpaired) electrons. The van der Waals surface area contributed by atoms with Gasteiger partial charge in [-0.3, -0.25) is 18.9 Å². The van der Waals surface area contributed by atoms with Gasteiger partial charge in [0.15, 0.2) is 11.6 Å². The first-order valence-corrected chi connectivity index (χ1v) is 15.0. The Hall–Kier alpha value is -2.81. The van der Waals surface area contributed by atoms with Crippen molar-refractivity contribution in [2.24, 2.45) is 16.1 Å². The first-order valence-electron chi connectivity index (χ1n) is 11.5. The minimum absolute atomic E-state index is 0.0484. The van der Waals surface area contributed by atoms with Crippen molar-refractivity contribution in [3.63, 3.8) is 0 Å². The maximum Gasteiger partial charge on any atom is 0.345 e. The molecule has 11 heteroatoms. The number of fused-ring (bicyclic) bond motifs is 2. The summed E-state index contributed by atoms with van der Waals surface area (Å²) in [5.41, 5.74) is 0.290. The molecule has 1 heterocycles. The van der Waals surface area contributed by atoms with E-state index in [1.165, 1.54) is 18.2 Å². The summed E-state index contributed by atoms with van der Waals surface area (Å²) in [5.74, 6) is -2.40. The second-order valence-corrected chi connectivity index (χ2v) is 14.4. The molecule has 36 heavy (non-hydrogen) atoms. The zero-order chi connectivity index (χ0) is 26.7. The minimum atomic E-state index is -4.43. The Kier molecular flexibility index (Phi) is 6.30. The van der Waals surface area contributed by atoms with Gasteiger partial charge in [-0.1, -0.05) is 45.0 Å². The molecule has 9 nitrogen and oxygen atoms in total. The Morgan fingerprint density at radius 1 is 1.17 bits per heavy atom. The monoisotopic (exact) mass is 531 g/mol. The van der Waals surface area contributed by atoms with Crippen LogP contribution in [0.25, 0.3) is 0 Å². The van der Waals surface area contributed by atoms with Crippen molar-refractivity contribution in [2.45, 2.75) is 46.0 Å². The molecular formula is C25H30N3O6PS. The van der Waals surface area contributed by atoms with Crippen LogP contribution in [0.15, 0.2) is 47.2 Å². The van der Waals surface area contributed by atoms with Gasteiger partial charge in [0.05, 0.1) is 22.7 Å². The maximum absolute atomic E-state index is 14.0. The number of hydrogen-bond acceptors (Lipinski definition) is 6. The van der Waals surface area contributed by atoms with Gasteiger partial charge < -0.3 is 10.2 Å². The first kappa shape index (κ1) is 26.3. The van der Waals surface area contributed by atoms with E-state index in [-0.39, 0.29) is 33.7 Å². The Labute approximate surface area is 211 Å². The number of amidine groups is 1. The van der Waals surface area contributed by atoms with Gasteiger partial charge in [-0.2, -0.15) is 4.76 Å². The largest absolute Gasteiger partial charge is 0.345 e. The molecule has 3 atom stereocenters. The maximum atomic E-state index is 14.0. The van der Waals surface area contributed by atoms with Gasteiger partial charge in [-0.05, 0) is 48.9 Å². The van der Waals surface area contributed by atoms with Crippen LogP contribution in [0.2, 0.25) is 0 Å². The van der Waals surface area contributed by atoms with Crippen LogP contribution in [0.1, 0.15) is 56.5 Å². The normalized spacial score (nSPS) is 25.9. The highest BCUT2D eigenvalue weighted by Gasteiger charge is 2.52. The number of anilines is 2. The van der Waals surface area contributed by atoms with Gasteiger partial charge in [0.1, 0.15) is 11.8 Å². The average Bonchev–Trinajstić information content (AvgIpc) is 2.75. The smallest absolute Gasteiger partial charge is 0.342 e. The highest BCUT2D eigenvalue weighted by atomic mass is 32.2. The number of hydrogen-bond donors (Lipinski definition) is 3. The summed E-state index contributed by atoms with van der Waals surface area (Å²) in [6.07, 6.45) is 2.19. The van der Waals surface area contributed by atoms with E-state index >= 15 is 0 Å². The molecule has 3 N–H and O–H groups in total. The lowest BCUT2D eigenvalue weighted by molar-refractivity contribution is -0.125. The summed E-state index contributed by atoms with van der Waals surface area (Å²) in [7, 11) is -8.03. The van der Waals surface area contributed by atoms with Crippen molar-refractivity contribution in [3.05, 3.63) is 53.6 Å². The molecule has 2 aliphatic rings. The van der Waals surface area contributed by atoms with E-state index in [4.69, 9.17) is 0 Å². The Morgan fingerprint density at radius 3 is 2.47 bits per heavy atom. The Morgan fingerprint density at radius 2 is 1.83 bits per heavy atom. The third kappa shape index (κ3) is 4.90. The number of ketones is 2. The second kappa shape index (κ2) is 8.64.